The van der Waals surface area contributed by atoms with E-state index in [0.717, 1.165) is 11.1 Å². The summed E-state index contributed by atoms with van der Waals surface area (Å²) >= 11 is 0. The first-order valence-corrected chi connectivity index (χ1v) is 4.43. The molecule has 1 rings (SSSR count). The second-order valence-electron chi connectivity index (χ2n) is 3.18. The maximum absolute atomic E-state index is 12.5. The molecule has 3 heteroatoms. The molecule has 0 unspecified atom stereocenters. The second-order valence-corrected chi connectivity index (χ2v) is 3.18. The number of hydrogen-bond acceptors (Lipinski definition) is 1. The maximum Gasteiger partial charge on any atom is 0.283 e. The van der Waals surface area contributed by atoms with Gasteiger partial charge in [0.15, 0.2) is 5.83 Å². The topological polar surface area (TPSA) is 29.1 Å². The molecule has 1 aromatic rings. The summed E-state index contributed by atoms with van der Waals surface area (Å²) in [4.78, 5) is 11.1. The minimum Gasteiger partial charge on any atom is -0.319 e. The van der Waals surface area contributed by atoms with E-state index in [1.807, 2.05) is 13.0 Å². The third kappa shape index (κ3) is 2.77. The summed E-state index contributed by atoms with van der Waals surface area (Å²) in [6, 6.07) is 7.07. The number of rotatable bonds is 3. The highest BCUT2D eigenvalue weighted by Crippen LogP contribution is 2.22. The van der Waals surface area contributed by atoms with Gasteiger partial charge in [0.1, 0.15) is 0 Å². The van der Waals surface area contributed by atoms with E-state index in [0.29, 0.717) is 5.69 Å². The van der Waals surface area contributed by atoms with Crippen molar-refractivity contribution < 1.29 is 9.18 Å². The Balaban J connectivity index is 2.99. The molecule has 0 aromatic heterocycles. The molecule has 78 valence electrons. The van der Waals surface area contributed by atoms with E-state index in [9.17, 15) is 9.18 Å². The van der Waals surface area contributed by atoms with Gasteiger partial charge in [-0.15, -0.1) is 0 Å². The van der Waals surface area contributed by atoms with Gasteiger partial charge < -0.3 is 5.32 Å². The maximum atomic E-state index is 12.5. The molecule has 0 bridgehead atoms. The van der Waals surface area contributed by atoms with Crippen LogP contribution in [0.5, 0.6) is 0 Å². The fourth-order valence-electron chi connectivity index (χ4n) is 1.15. The molecule has 15 heavy (non-hydrogen) atoms. The molecule has 0 radical (unpaired) electrons. The lowest BCUT2D eigenvalue weighted by atomic mass is 10.1. The molecule has 1 N–H and O–H groups in total. The molecule has 0 spiro atoms. The van der Waals surface area contributed by atoms with Crippen LogP contribution in [0.2, 0.25) is 0 Å². The predicted octanol–water partition coefficient (Wildman–Crippen LogP) is 3.14. The van der Waals surface area contributed by atoms with Gasteiger partial charge in [0.05, 0.1) is 0 Å². The van der Waals surface area contributed by atoms with Crippen molar-refractivity contribution >= 4 is 17.2 Å². The Morgan fingerprint density at radius 1 is 1.33 bits per heavy atom. The molecule has 0 heterocycles. The summed E-state index contributed by atoms with van der Waals surface area (Å²) < 4.78 is 12.5. The Hall–Kier alpha value is -1.90. The first-order chi connectivity index (χ1) is 7.02. The highest BCUT2D eigenvalue weighted by atomic mass is 19.1. The largest absolute Gasteiger partial charge is 0.319 e. The van der Waals surface area contributed by atoms with E-state index in [2.05, 4.69) is 18.5 Å². The van der Waals surface area contributed by atoms with Crippen molar-refractivity contribution in [3.8, 4) is 0 Å². The minimum atomic E-state index is -1.01. The fraction of sp³-hybridized carbons (Fsp3) is 0.0833. The Labute approximate surface area is 88.1 Å². The number of carbonyl (C=O) groups is 1. The summed E-state index contributed by atoms with van der Waals surface area (Å²) in [6.45, 7) is 8.51. The van der Waals surface area contributed by atoms with Gasteiger partial charge >= 0.3 is 0 Å². The van der Waals surface area contributed by atoms with Crippen molar-refractivity contribution in [3.63, 3.8) is 0 Å². The molecule has 1 aromatic carbocycles. The van der Waals surface area contributed by atoms with Crippen LogP contribution in [0.15, 0.2) is 43.3 Å². The van der Waals surface area contributed by atoms with E-state index in [4.69, 9.17) is 0 Å². The number of carbonyl (C=O) groups excluding carboxylic acids is 1. The third-order valence-electron chi connectivity index (χ3n) is 1.88. The molecule has 0 aliphatic rings. The highest BCUT2D eigenvalue weighted by Gasteiger charge is 2.08. The number of allylic oxidation sites excluding steroid dienone is 1. The lowest BCUT2D eigenvalue weighted by molar-refractivity contribution is -0.114. The number of anilines is 1. The van der Waals surface area contributed by atoms with E-state index in [-0.39, 0.29) is 0 Å². The molecule has 0 saturated carbocycles. The Morgan fingerprint density at radius 2 is 1.93 bits per heavy atom. The summed E-state index contributed by atoms with van der Waals surface area (Å²) in [5, 5.41) is 2.42. The SMILES string of the molecule is C=C(F)C(=O)Nc1ccccc1C(=C)C. The monoisotopic (exact) mass is 205 g/mol. The average Bonchev–Trinajstić information content (AvgIpc) is 2.18. The van der Waals surface area contributed by atoms with Gasteiger partial charge in [0.25, 0.3) is 5.91 Å². The van der Waals surface area contributed by atoms with E-state index in [1.165, 1.54) is 0 Å². The van der Waals surface area contributed by atoms with Crippen LogP contribution < -0.4 is 5.32 Å². The molecule has 2 nitrogen and oxygen atoms in total. The van der Waals surface area contributed by atoms with Gasteiger partial charge in [-0.3, -0.25) is 4.79 Å². The van der Waals surface area contributed by atoms with Crippen molar-refractivity contribution in [2.24, 2.45) is 0 Å². The van der Waals surface area contributed by atoms with Gasteiger partial charge in [-0.1, -0.05) is 31.4 Å². The van der Waals surface area contributed by atoms with Crippen molar-refractivity contribution in [2.75, 3.05) is 5.32 Å². The zero-order chi connectivity index (χ0) is 11.4. The first-order valence-electron chi connectivity index (χ1n) is 4.43. The molecule has 0 atom stereocenters. The first kappa shape index (κ1) is 11.2. The molecule has 1 amide bonds. The minimum absolute atomic E-state index is 0.536. The molecule has 0 aliphatic carbocycles. The third-order valence-corrected chi connectivity index (χ3v) is 1.88. The zero-order valence-corrected chi connectivity index (χ0v) is 8.51. The van der Waals surface area contributed by atoms with Crippen LogP contribution >= 0.6 is 0 Å². The Kier molecular flexibility index (Phi) is 3.39. The lowest BCUT2D eigenvalue weighted by Crippen LogP contribution is -2.12. The number of hydrogen-bond donors (Lipinski definition) is 1. The van der Waals surface area contributed by atoms with Crippen molar-refractivity contribution in [1.29, 1.82) is 0 Å². The van der Waals surface area contributed by atoms with Gasteiger partial charge in [-0.25, -0.2) is 4.39 Å². The van der Waals surface area contributed by atoms with Gasteiger partial charge in [-0.2, -0.15) is 0 Å². The van der Waals surface area contributed by atoms with Crippen molar-refractivity contribution in [3.05, 3.63) is 48.8 Å². The molecule has 0 fully saturated rings. The van der Waals surface area contributed by atoms with Crippen LogP contribution in [0.3, 0.4) is 0 Å². The fourth-order valence-corrected chi connectivity index (χ4v) is 1.15. The van der Waals surface area contributed by atoms with Crippen molar-refractivity contribution in [2.45, 2.75) is 6.92 Å². The molecular weight excluding hydrogens is 193 g/mol. The molecule has 0 saturated heterocycles. The van der Waals surface area contributed by atoms with Gasteiger partial charge in [-0.05, 0) is 18.6 Å². The van der Waals surface area contributed by atoms with Crippen LogP contribution in [0.4, 0.5) is 10.1 Å². The smallest absolute Gasteiger partial charge is 0.283 e. The quantitative estimate of drug-likeness (QED) is 0.754. The zero-order valence-electron chi connectivity index (χ0n) is 8.51. The second kappa shape index (κ2) is 4.55. The van der Waals surface area contributed by atoms with E-state index >= 15 is 0 Å². The standard InChI is InChI=1S/C12H12FNO/c1-8(2)10-6-4-5-7-11(10)14-12(15)9(3)13/h4-7H,1,3H2,2H3,(H,14,15). The van der Waals surface area contributed by atoms with Crippen LogP contribution in [0, 0.1) is 0 Å². The van der Waals surface area contributed by atoms with Crippen LogP contribution in [0.1, 0.15) is 12.5 Å². The lowest BCUT2D eigenvalue weighted by Gasteiger charge is -2.09. The number of para-hydroxylation sites is 1. The van der Waals surface area contributed by atoms with Gasteiger partial charge in [0.2, 0.25) is 0 Å². The van der Waals surface area contributed by atoms with E-state index in [1.54, 1.807) is 18.2 Å². The summed E-state index contributed by atoms with van der Waals surface area (Å²) in [5.41, 5.74) is 2.12. The summed E-state index contributed by atoms with van der Waals surface area (Å²) in [5.74, 6) is -1.84. The number of halogens is 1. The van der Waals surface area contributed by atoms with Gasteiger partial charge in [0, 0.05) is 11.3 Å². The van der Waals surface area contributed by atoms with Crippen LogP contribution in [0.25, 0.3) is 5.57 Å². The normalized spacial score (nSPS) is 9.47. The van der Waals surface area contributed by atoms with E-state index < -0.39 is 11.7 Å². The molecular formula is C12H12FNO. The summed E-state index contributed by atoms with van der Waals surface area (Å²) in [6.07, 6.45) is 0. The average molecular weight is 205 g/mol. The predicted molar refractivity (Wildman–Crippen MR) is 60.0 cm³/mol. The Bertz CT molecular complexity index is 423. The number of benzene rings is 1. The molecule has 0 aliphatic heterocycles. The Morgan fingerprint density at radius 3 is 2.47 bits per heavy atom. The van der Waals surface area contributed by atoms with Crippen LogP contribution in [-0.2, 0) is 4.79 Å². The van der Waals surface area contributed by atoms with Crippen LogP contribution in [-0.4, -0.2) is 5.91 Å². The number of amides is 1. The van der Waals surface area contributed by atoms with Crippen molar-refractivity contribution in [1.82, 2.24) is 0 Å². The summed E-state index contributed by atoms with van der Waals surface area (Å²) in [7, 11) is 0. The number of nitrogens with one attached hydrogen (secondary N) is 1. The highest BCUT2D eigenvalue weighted by molar-refractivity contribution is 6.03.